The molecule has 1 aromatic heterocycles. The van der Waals surface area contributed by atoms with Gasteiger partial charge in [0, 0.05) is 18.3 Å². The zero-order chi connectivity index (χ0) is 14.4. The van der Waals surface area contributed by atoms with Gasteiger partial charge >= 0.3 is 0 Å². The number of ether oxygens (including phenoxy) is 2. The smallest absolute Gasteiger partial charge is 0.225 e. The molecule has 1 aromatic carbocycles. The summed E-state index contributed by atoms with van der Waals surface area (Å²) < 4.78 is 10.9. The normalized spacial score (nSPS) is 10.2. The van der Waals surface area contributed by atoms with Crippen LogP contribution in [0, 0.1) is 6.92 Å². The van der Waals surface area contributed by atoms with Crippen molar-refractivity contribution in [2.75, 3.05) is 19.0 Å². The first kappa shape index (κ1) is 14.1. The van der Waals surface area contributed by atoms with Crippen LogP contribution in [0.5, 0.6) is 11.6 Å². The molecule has 1 N–H and O–H groups in total. The van der Waals surface area contributed by atoms with Gasteiger partial charge in [-0.3, -0.25) is 0 Å². The maximum Gasteiger partial charge on any atom is 0.225 e. The molecule has 20 heavy (non-hydrogen) atoms. The van der Waals surface area contributed by atoms with Gasteiger partial charge in [0.05, 0.1) is 7.11 Å². The van der Waals surface area contributed by atoms with E-state index in [9.17, 15) is 0 Å². The van der Waals surface area contributed by atoms with Crippen molar-refractivity contribution in [2.24, 2.45) is 0 Å². The molecule has 0 saturated heterocycles. The molecule has 2 rings (SSSR count). The Morgan fingerprint density at radius 1 is 1.20 bits per heavy atom. The highest BCUT2D eigenvalue weighted by Crippen LogP contribution is 2.18. The van der Waals surface area contributed by atoms with E-state index in [0.717, 1.165) is 23.4 Å². The highest BCUT2D eigenvalue weighted by atomic mass is 16.5. The van der Waals surface area contributed by atoms with E-state index in [1.165, 1.54) is 0 Å². The summed E-state index contributed by atoms with van der Waals surface area (Å²) in [6.45, 7) is 5.18. The van der Waals surface area contributed by atoms with Crippen LogP contribution in [0.25, 0.3) is 0 Å². The summed E-state index contributed by atoms with van der Waals surface area (Å²) in [5.74, 6) is 2.02. The molecule has 0 atom stereocenters. The fourth-order valence-corrected chi connectivity index (χ4v) is 1.69. The summed E-state index contributed by atoms with van der Waals surface area (Å²) in [6.07, 6.45) is 1.76. The van der Waals surface area contributed by atoms with Gasteiger partial charge in [0.1, 0.15) is 12.4 Å². The second-order valence-corrected chi connectivity index (χ2v) is 4.35. The zero-order valence-corrected chi connectivity index (χ0v) is 12.0. The van der Waals surface area contributed by atoms with Crippen molar-refractivity contribution >= 4 is 5.95 Å². The number of anilines is 1. The Hall–Kier alpha value is -2.30. The molecule has 0 aliphatic carbocycles. The lowest BCUT2D eigenvalue weighted by molar-refractivity contribution is 0.291. The van der Waals surface area contributed by atoms with Crippen LogP contribution in [0.15, 0.2) is 30.5 Å². The SMILES string of the molecule is CCNc1ncc(C)c(OCc2ccc(OC)cc2)n1. The largest absolute Gasteiger partial charge is 0.497 e. The summed E-state index contributed by atoms with van der Waals surface area (Å²) in [5.41, 5.74) is 1.98. The lowest BCUT2D eigenvalue weighted by atomic mass is 10.2. The quantitative estimate of drug-likeness (QED) is 0.877. The van der Waals surface area contributed by atoms with Crippen LogP contribution in [-0.2, 0) is 6.61 Å². The molecular formula is C15H19N3O2. The number of nitrogens with one attached hydrogen (secondary N) is 1. The number of aryl methyl sites for hydroxylation is 1. The van der Waals surface area contributed by atoms with Crippen molar-refractivity contribution in [3.63, 3.8) is 0 Å². The molecule has 0 fully saturated rings. The Balaban J connectivity index is 2.03. The molecular weight excluding hydrogens is 254 g/mol. The summed E-state index contributed by atoms with van der Waals surface area (Å²) in [4.78, 5) is 8.53. The second kappa shape index (κ2) is 6.75. The molecule has 0 aliphatic rings. The summed E-state index contributed by atoms with van der Waals surface area (Å²) >= 11 is 0. The molecule has 0 radical (unpaired) electrons. The van der Waals surface area contributed by atoms with Crippen LogP contribution in [0.4, 0.5) is 5.95 Å². The fourth-order valence-electron chi connectivity index (χ4n) is 1.69. The summed E-state index contributed by atoms with van der Waals surface area (Å²) in [7, 11) is 1.65. The molecule has 5 heteroatoms. The van der Waals surface area contributed by atoms with Crippen molar-refractivity contribution in [1.82, 2.24) is 9.97 Å². The third kappa shape index (κ3) is 3.60. The first-order valence-electron chi connectivity index (χ1n) is 6.56. The summed E-state index contributed by atoms with van der Waals surface area (Å²) in [5, 5.41) is 3.07. The first-order chi connectivity index (χ1) is 9.72. The molecule has 0 saturated carbocycles. The monoisotopic (exact) mass is 273 g/mol. The van der Waals surface area contributed by atoms with Crippen LogP contribution in [-0.4, -0.2) is 23.6 Å². The highest BCUT2D eigenvalue weighted by molar-refractivity contribution is 5.33. The topological polar surface area (TPSA) is 56.3 Å². The lowest BCUT2D eigenvalue weighted by Crippen LogP contribution is -2.05. The minimum atomic E-state index is 0.466. The number of hydrogen-bond donors (Lipinski definition) is 1. The van der Waals surface area contributed by atoms with E-state index in [0.29, 0.717) is 18.4 Å². The van der Waals surface area contributed by atoms with Crippen molar-refractivity contribution in [3.8, 4) is 11.6 Å². The number of hydrogen-bond acceptors (Lipinski definition) is 5. The molecule has 106 valence electrons. The Morgan fingerprint density at radius 2 is 1.95 bits per heavy atom. The van der Waals surface area contributed by atoms with E-state index in [-0.39, 0.29) is 0 Å². The molecule has 0 spiro atoms. The van der Waals surface area contributed by atoms with Gasteiger partial charge in [0.2, 0.25) is 11.8 Å². The van der Waals surface area contributed by atoms with Crippen molar-refractivity contribution in [1.29, 1.82) is 0 Å². The minimum absolute atomic E-state index is 0.466. The molecule has 2 aromatic rings. The molecule has 0 aliphatic heterocycles. The standard InChI is InChI=1S/C15H19N3O2/c1-4-16-15-17-9-11(2)14(18-15)20-10-12-5-7-13(19-3)8-6-12/h5-9H,4,10H2,1-3H3,(H,16,17,18). The molecule has 0 bridgehead atoms. The van der Waals surface area contributed by atoms with Gasteiger partial charge in [-0.1, -0.05) is 12.1 Å². The van der Waals surface area contributed by atoms with Crippen LogP contribution >= 0.6 is 0 Å². The molecule has 0 unspecified atom stereocenters. The Bertz CT molecular complexity index is 556. The van der Waals surface area contributed by atoms with E-state index in [1.54, 1.807) is 13.3 Å². The second-order valence-electron chi connectivity index (χ2n) is 4.35. The highest BCUT2D eigenvalue weighted by Gasteiger charge is 2.05. The predicted octanol–water partition coefficient (Wildman–Crippen LogP) is 2.80. The van der Waals surface area contributed by atoms with E-state index in [1.807, 2.05) is 38.1 Å². The van der Waals surface area contributed by atoms with Gasteiger partial charge in [-0.15, -0.1) is 0 Å². The van der Waals surface area contributed by atoms with E-state index in [2.05, 4.69) is 15.3 Å². The first-order valence-corrected chi connectivity index (χ1v) is 6.56. The average Bonchev–Trinajstić information content (AvgIpc) is 2.48. The predicted molar refractivity (Wildman–Crippen MR) is 78.3 cm³/mol. The Labute approximate surface area is 119 Å². The van der Waals surface area contributed by atoms with E-state index in [4.69, 9.17) is 9.47 Å². The maximum absolute atomic E-state index is 5.75. The number of rotatable bonds is 6. The van der Waals surface area contributed by atoms with Gasteiger partial charge in [0.25, 0.3) is 0 Å². The zero-order valence-electron chi connectivity index (χ0n) is 12.0. The Kier molecular flexibility index (Phi) is 4.76. The molecule has 1 heterocycles. The van der Waals surface area contributed by atoms with Gasteiger partial charge in [-0.25, -0.2) is 4.98 Å². The minimum Gasteiger partial charge on any atom is -0.497 e. The molecule has 0 amide bonds. The van der Waals surface area contributed by atoms with E-state index < -0.39 is 0 Å². The Morgan fingerprint density at radius 3 is 2.60 bits per heavy atom. The van der Waals surface area contributed by atoms with Gasteiger partial charge in [-0.05, 0) is 31.5 Å². The maximum atomic E-state index is 5.75. The third-order valence-electron chi connectivity index (χ3n) is 2.79. The van der Waals surface area contributed by atoms with Crippen LogP contribution < -0.4 is 14.8 Å². The van der Waals surface area contributed by atoms with Crippen LogP contribution in [0.2, 0.25) is 0 Å². The number of methoxy groups -OCH3 is 1. The fraction of sp³-hybridized carbons (Fsp3) is 0.333. The number of benzene rings is 1. The number of aromatic nitrogens is 2. The third-order valence-corrected chi connectivity index (χ3v) is 2.79. The average molecular weight is 273 g/mol. The van der Waals surface area contributed by atoms with Gasteiger partial charge < -0.3 is 14.8 Å². The van der Waals surface area contributed by atoms with E-state index >= 15 is 0 Å². The van der Waals surface area contributed by atoms with Crippen LogP contribution in [0.3, 0.4) is 0 Å². The van der Waals surface area contributed by atoms with Crippen molar-refractivity contribution in [3.05, 3.63) is 41.6 Å². The molecule has 5 nitrogen and oxygen atoms in total. The van der Waals surface area contributed by atoms with Gasteiger partial charge in [-0.2, -0.15) is 4.98 Å². The van der Waals surface area contributed by atoms with Crippen LogP contribution in [0.1, 0.15) is 18.1 Å². The van der Waals surface area contributed by atoms with Crippen molar-refractivity contribution < 1.29 is 9.47 Å². The van der Waals surface area contributed by atoms with Crippen molar-refractivity contribution in [2.45, 2.75) is 20.5 Å². The number of nitrogens with zero attached hydrogens (tertiary/aromatic N) is 2. The lowest BCUT2D eigenvalue weighted by Gasteiger charge is -2.10. The summed E-state index contributed by atoms with van der Waals surface area (Å²) in [6, 6.07) is 7.77. The van der Waals surface area contributed by atoms with Gasteiger partial charge in [0.15, 0.2) is 0 Å².